The highest BCUT2D eigenvalue weighted by molar-refractivity contribution is 5.43. The van der Waals surface area contributed by atoms with Crippen LogP contribution in [0.15, 0.2) is 55.4 Å². The van der Waals surface area contributed by atoms with Gasteiger partial charge in [0, 0.05) is 37.4 Å². The molecule has 0 saturated carbocycles. The molecule has 3 aromatic rings. The molecule has 1 aromatic carbocycles. The van der Waals surface area contributed by atoms with Crippen molar-refractivity contribution in [2.75, 3.05) is 5.32 Å². The van der Waals surface area contributed by atoms with E-state index in [9.17, 15) is 0 Å². The van der Waals surface area contributed by atoms with E-state index >= 15 is 0 Å². The van der Waals surface area contributed by atoms with E-state index < -0.39 is 0 Å². The lowest BCUT2D eigenvalue weighted by molar-refractivity contribution is 0.767. The summed E-state index contributed by atoms with van der Waals surface area (Å²) in [7, 11) is 1.91. The van der Waals surface area contributed by atoms with Gasteiger partial charge in [-0.25, -0.2) is 4.98 Å². The van der Waals surface area contributed by atoms with Crippen molar-refractivity contribution in [2.45, 2.75) is 13.0 Å². The molecule has 1 atom stereocenters. The topological polar surface area (TPSA) is 47.7 Å². The maximum atomic E-state index is 4.16. The average Bonchev–Trinajstić information content (AvgIpc) is 3.11. The first-order valence-electron chi connectivity index (χ1n) is 6.56. The second-order valence-corrected chi connectivity index (χ2v) is 4.83. The number of anilines is 1. The molecule has 0 spiro atoms. The van der Waals surface area contributed by atoms with E-state index in [2.05, 4.69) is 46.6 Å². The summed E-state index contributed by atoms with van der Waals surface area (Å²) in [6.45, 7) is 2.14. The summed E-state index contributed by atoms with van der Waals surface area (Å²) < 4.78 is 3.78. The van der Waals surface area contributed by atoms with E-state index in [0.29, 0.717) is 0 Å². The number of rotatable bonds is 4. The van der Waals surface area contributed by atoms with Crippen LogP contribution in [0.25, 0.3) is 5.69 Å². The Kier molecular flexibility index (Phi) is 3.25. The lowest BCUT2D eigenvalue weighted by Crippen LogP contribution is -2.06. The smallest absolute Gasteiger partial charge is 0.0991 e. The molecule has 5 heteroatoms. The molecule has 0 bridgehead atoms. The number of nitrogens with one attached hydrogen (secondary N) is 1. The predicted octanol–water partition coefficient (Wildman–Crippen LogP) is 2.78. The lowest BCUT2D eigenvalue weighted by Gasteiger charge is -2.14. The maximum absolute atomic E-state index is 4.16. The van der Waals surface area contributed by atoms with E-state index in [4.69, 9.17) is 0 Å². The van der Waals surface area contributed by atoms with E-state index in [1.54, 1.807) is 17.2 Å². The minimum atomic E-state index is 0.232. The van der Waals surface area contributed by atoms with Gasteiger partial charge in [0.15, 0.2) is 0 Å². The molecule has 2 aromatic heterocycles. The third-order valence-corrected chi connectivity index (χ3v) is 3.28. The van der Waals surface area contributed by atoms with Crippen molar-refractivity contribution in [3.05, 3.63) is 60.9 Å². The van der Waals surface area contributed by atoms with E-state index in [-0.39, 0.29) is 6.04 Å². The maximum Gasteiger partial charge on any atom is 0.0991 e. The number of hydrogen-bond donors (Lipinski definition) is 1. The van der Waals surface area contributed by atoms with Crippen LogP contribution in [0.4, 0.5) is 5.69 Å². The Bertz CT molecular complexity index is 667. The summed E-state index contributed by atoms with van der Waals surface area (Å²) in [5, 5.41) is 7.59. The highest BCUT2D eigenvalue weighted by Crippen LogP contribution is 2.20. The highest BCUT2D eigenvalue weighted by atomic mass is 15.3. The minimum Gasteiger partial charge on any atom is -0.376 e. The van der Waals surface area contributed by atoms with Crippen LogP contribution in [0.5, 0.6) is 0 Å². The Labute approximate surface area is 117 Å². The highest BCUT2D eigenvalue weighted by Gasteiger charge is 2.06. The van der Waals surface area contributed by atoms with Crippen LogP contribution in [0.3, 0.4) is 0 Å². The van der Waals surface area contributed by atoms with Crippen molar-refractivity contribution in [3.63, 3.8) is 0 Å². The third-order valence-electron chi connectivity index (χ3n) is 3.28. The largest absolute Gasteiger partial charge is 0.376 e. The van der Waals surface area contributed by atoms with Gasteiger partial charge in [-0.05, 0) is 24.6 Å². The molecule has 0 amide bonds. The van der Waals surface area contributed by atoms with Gasteiger partial charge in [-0.1, -0.05) is 12.1 Å². The second-order valence-electron chi connectivity index (χ2n) is 4.83. The molecular weight excluding hydrogens is 250 g/mol. The van der Waals surface area contributed by atoms with Gasteiger partial charge in [-0.3, -0.25) is 4.68 Å². The Balaban J connectivity index is 1.74. The molecule has 2 heterocycles. The number of aryl methyl sites for hydroxylation is 1. The first-order chi connectivity index (χ1) is 9.72. The Morgan fingerprint density at radius 2 is 2.00 bits per heavy atom. The normalized spacial score (nSPS) is 12.3. The molecule has 1 unspecified atom stereocenters. The summed E-state index contributed by atoms with van der Waals surface area (Å²) in [5.41, 5.74) is 3.37. The van der Waals surface area contributed by atoms with Gasteiger partial charge < -0.3 is 9.88 Å². The van der Waals surface area contributed by atoms with Crippen LogP contribution < -0.4 is 5.32 Å². The van der Waals surface area contributed by atoms with E-state index in [0.717, 1.165) is 11.4 Å². The summed E-state index contributed by atoms with van der Waals surface area (Å²) in [5.74, 6) is 0. The first kappa shape index (κ1) is 12.5. The monoisotopic (exact) mass is 267 g/mol. The fraction of sp³-hybridized carbons (Fsp3) is 0.200. The molecule has 0 radical (unpaired) electrons. The molecule has 0 aliphatic carbocycles. The fourth-order valence-electron chi connectivity index (χ4n) is 2.18. The van der Waals surface area contributed by atoms with Gasteiger partial charge >= 0.3 is 0 Å². The van der Waals surface area contributed by atoms with E-state index in [1.165, 1.54) is 5.56 Å². The Morgan fingerprint density at radius 3 is 2.60 bits per heavy atom. The fourth-order valence-corrected chi connectivity index (χ4v) is 2.18. The molecule has 1 N–H and O–H groups in total. The van der Waals surface area contributed by atoms with Crippen molar-refractivity contribution in [1.29, 1.82) is 0 Å². The van der Waals surface area contributed by atoms with Crippen LogP contribution in [-0.2, 0) is 7.05 Å². The van der Waals surface area contributed by atoms with Gasteiger partial charge in [0.1, 0.15) is 0 Å². The molecule has 0 fully saturated rings. The zero-order chi connectivity index (χ0) is 13.9. The number of hydrogen-bond acceptors (Lipinski definition) is 3. The Hall–Kier alpha value is -2.56. The van der Waals surface area contributed by atoms with Crippen molar-refractivity contribution < 1.29 is 0 Å². The predicted molar refractivity (Wildman–Crippen MR) is 78.8 cm³/mol. The van der Waals surface area contributed by atoms with Crippen LogP contribution in [0.1, 0.15) is 18.5 Å². The number of benzene rings is 1. The van der Waals surface area contributed by atoms with Crippen LogP contribution in [0, 0.1) is 0 Å². The molecule has 20 heavy (non-hydrogen) atoms. The van der Waals surface area contributed by atoms with Gasteiger partial charge in [0.25, 0.3) is 0 Å². The summed E-state index contributed by atoms with van der Waals surface area (Å²) in [4.78, 5) is 4.06. The molecule has 102 valence electrons. The lowest BCUT2D eigenvalue weighted by atomic mass is 10.1. The zero-order valence-corrected chi connectivity index (χ0v) is 11.6. The number of imidazole rings is 1. The van der Waals surface area contributed by atoms with Crippen molar-refractivity contribution >= 4 is 5.69 Å². The van der Waals surface area contributed by atoms with Gasteiger partial charge in [-0.15, -0.1) is 0 Å². The minimum absolute atomic E-state index is 0.232. The standard InChI is InChI=1S/C15H17N5/c1-12(18-14-9-17-19(2)10-14)13-3-5-15(6-4-13)20-8-7-16-11-20/h3-12,18H,1-2H3. The van der Waals surface area contributed by atoms with Crippen LogP contribution >= 0.6 is 0 Å². The van der Waals surface area contributed by atoms with Crippen molar-refractivity contribution in [2.24, 2.45) is 7.05 Å². The van der Waals surface area contributed by atoms with E-state index in [1.807, 2.05) is 30.2 Å². The molecular formula is C15H17N5. The van der Waals surface area contributed by atoms with Gasteiger partial charge in [0.05, 0.1) is 18.2 Å². The number of nitrogens with zero attached hydrogens (tertiary/aromatic N) is 4. The molecule has 5 nitrogen and oxygen atoms in total. The summed E-state index contributed by atoms with van der Waals surface area (Å²) in [6.07, 6.45) is 9.31. The molecule has 3 rings (SSSR count). The quantitative estimate of drug-likeness (QED) is 0.790. The summed E-state index contributed by atoms with van der Waals surface area (Å²) >= 11 is 0. The van der Waals surface area contributed by atoms with Crippen LogP contribution in [0.2, 0.25) is 0 Å². The van der Waals surface area contributed by atoms with Crippen molar-refractivity contribution in [3.8, 4) is 5.69 Å². The first-order valence-corrected chi connectivity index (χ1v) is 6.56. The third kappa shape index (κ3) is 2.56. The Morgan fingerprint density at radius 1 is 1.20 bits per heavy atom. The molecule has 0 saturated heterocycles. The number of aromatic nitrogens is 4. The molecule has 0 aliphatic rings. The molecule has 0 aliphatic heterocycles. The average molecular weight is 267 g/mol. The zero-order valence-electron chi connectivity index (χ0n) is 11.6. The second kappa shape index (κ2) is 5.21. The van der Waals surface area contributed by atoms with Gasteiger partial charge in [0.2, 0.25) is 0 Å². The SMILES string of the molecule is CC(Nc1cnn(C)c1)c1ccc(-n2ccnc2)cc1. The van der Waals surface area contributed by atoms with Crippen LogP contribution in [-0.4, -0.2) is 19.3 Å². The van der Waals surface area contributed by atoms with Gasteiger partial charge in [-0.2, -0.15) is 5.10 Å². The van der Waals surface area contributed by atoms with Crippen molar-refractivity contribution in [1.82, 2.24) is 19.3 Å². The summed E-state index contributed by atoms with van der Waals surface area (Å²) in [6, 6.07) is 8.68.